The lowest BCUT2D eigenvalue weighted by Gasteiger charge is -2.36. The van der Waals surface area contributed by atoms with Gasteiger partial charge in [0.05, 0.1) is 0 Å². The molecule has 0 aromatic heterocycles. The summed E-state index contributed by atoms with van der Waals surface area (Å²) >= 11 is 3.41. The summed E-state index contributed by atoms with van der Waals surface area (Å²) in [6.45, 7) is 11.0. The lowest BCUT2D eigenvalue weighted by molar-refractivity contribution is -0.149. The van der Waals surface area contributed by atoms with E-state index in [-0.39, 0.29) is 11.8 Å². The molecule has 0 aliphatic rings. The van der Waals surface area contributed by atoms with Crippen molar-refractivity contribution in [3.8, 4) is 5.75 Å². The number of halogens is 1. The first-order valence-electron chi connectivity index (χ1n) is 7.87. The summed E-state index contributed by atoms with van der Waals surface area (Å²) in [5.41, 5.74) is -0.862. The van der Waals surface area contributed by atoms with Gasteiger partial charge in [-0.05, 0) is 43.5 Å². The predicted molar refractivity (Wildman–Crippen MR) is 95.1 cm³/mol. The molecule has 0 saturated heterocycles. The monoisotopic (exact) mass is 369 g/mol. The molecule has 4 heteroatoms. The highest BCUT2D eigenvalue weighted by Crippen LogP contribution is 2.28. The third-order valence-electron chi connectivity index (χ3n) is 4.06. The lowest BCUT2D eigenvalue weighted by atomic mass is 9.90. The summed E-state index contributed by atoms with van der Waals surface area (Å²) in [6.07, 6.45) is 0.995. The number of nitrogens with zero attached hydrogens (tertiary/aromatic N) is 1. The molecule has 0 saturated carbocycles. The molecule has 0 spiro atoms. The molecule has 0 bridgehead atoms. The minimum Gasteiger partial charge on any atom is -0.477 e. The van der Waals surface area contributed by atoms with Crippen molar-refractivity contribution in [2.24, 2.45) is 11.8 Å². The van der Waals surface area contributed by atoms with Crippen LogP contribution in [-0.2, 0) is 4.79 Å². The number of ether oxygens (including phenoxy) is 1. The van der Waals surface area contributed by atoms with Gasteiger partial charge in [-0.1, -0.05) is 43.6 Å². The fourth-order valence-corrected chi connectivity index (χ4v) is 2.35. The molecule has 1 unspecified atom stereocenters. The van der Waals surface area contributed by atoms with Gasteiger partial charge in [0, 0.05) is 24.0 Å². The molecule has 22 heavy (non-hydrogen) atoms. The van der Waals surface area contributed by atoms with Gasteiger partial charge in [-0.3, -0.25) is 4.79 Å². The smallest absolute Gasteiger partial charge is 0.266 e. The van der Waals surface area contributed by atoms with Crippen LogP contribution < -0.4 is 4.74 Å². The lowest BCUT2D eigenvalue weighted by Crippen LogP contribution is -2.53. The number of carbonyl (C=O) groups is 1. The molecule has 1 aromatic carbocycles. The Kier molecular flexibility index (Phi) is 6.92. The van der Waals surface area contributed by atoms with Crippen molar-refractivity contribution in [3.05, 3.63) is 28.7 Å². The highest BCUT2D eigenvalue weighted by molar-refractivity contribution is 9.10. The van der Waals surface area contributed by atoms with Crippen LogP contribution in [0.3, 0.4) is 0 Å². The Morgan fingerprint density at radius 2 is 1.77 bits per heavy atom. The Bertz CT molecular complexity index is 484. The predicted octanol–water partition coefficient (Wildman–Crippen LogP) is 4.75. The zero-order chi connectivity index (χ0) is 16.9. The van der Waals surface area contributed by atoms with Gasteiger partial charge in [0.2, 0.25) is 0 Å². The molecule has 3 nitrogen and oxygen atoms in total. The van der Waals surface area contributed by atoms with Crippen molar-refractivity contribution < 1.29 is 9.53 Å². The van der Waals surface area contributed by atoms with Crippen LogP contribution in [0.1, 0.15) is 41.0 Å². The zero-order valence-electron chi connectivity index (χ0n) is 14.5. The average Bonchev–Trinajstić information content (AvgIpc) is 2.46. The van der Waals surface area contributed by atoms with Crippen molar-refractivity contribution in [2.45, 2.75) is 46.6 Å². The second-order valence-corrected chi connectivity index (χ2v) is 7.64. The SMILES string of the molecule is CC(C)CCN(C)C(=O)C(C)(Oc1ccc(Br)cc1)C(C)C. The van der Waals surface area contributed by atoms with Gasteiger partial charge >= 0.3 is 0 Å². The van der Waals surface area contributed by atoms with Crippen LogP contribution in [0.5, 0.6) is 5.75 Å². The molecule has 0 radical (unpaired) electrons. The van der Waals surface area contributed by atoms with Gasteiger partial charge in [-0.15, -0.1) is 0 Å². The normalized spacial score (nSPS) is 14.0. The second-order valence-electron chi connectivity index (χ2n) is 6.73. The Labute approximate surface area is 143 Å². The fraction of sp³-hybridized carbons (Fsp3) is 0.611. The van der Waals surface area contributed by atoms with Gasteiger partial charge in [0.1, 0.15) is 5.75 Å². The molecule has 1 amide bonds. The number of carbonyl (C=O) groups excluding carboxylic acids is 1. The van der Waals surface area contributed by atoms with E-state index in [9.17, 15) is 4.79 Å². The van der Waals surface area contributed by atoms with Crippen molar-refractivity contribution >= 4 is 21.8 Å². The van der Waals surface area contributed by atoms with Crippen molar-refractivity contribution in [3.63, 3.8) is 0 Å². The second kappa shape index (κ2) is 8.00. The summed E-state index contributed by atoms with van der Waals surface area (Å²) in [4.78, 5) is 14.7. The molecular formula is C18H28BrNO2. The van der Waals surface area contributed by atoms with Gasteiger partial charge in [-0.2, -0.15) is 0 Å². The van der Waals surface area contributed by atoms with Crippen LogP contribution in [0.2, 0.25) is 0 Å². The number of hydrogen-bond donors (Lipinski definition) is 0. The summed E-state index contributed by atoms with van der Waals surface area (Å²) in [5, 5.41) is 0. The van der Waals surface area contributed by atoms with E-state index in [2.05, 4.69) is 29.8 Å². The first-order valence-corrected chi connectivity index (χ1v) is 8.66. The maximum Gasteiger partial charge on any atom is 0.266 e. The molecule has 1 aromatic rings. The topological polar surface area (TPSA) is 29.5 Å². The number of rotatable bonds is 7. The van der Waals surface area contributed by atoms with E-state index in [1.807, 2.05) is 52.1 Å². The number of likely N-dealkylation sites (N-methyl/N-ethyl adjacent to an activating group) is 1. The summed E-state index contributed by atoms with van der Waals surface area (Å²) in [6, 6.07) is 7.60. The van der Waals surface area contributed by atoms with Crippen LogP contribution >= 0.6 is 15.9 Å². The first kappa shape index (κ1) is 19.0. The van der Waals surface area contributed by atoms with Gasteiger partial charge in [-0.25, -0.2) is 0 Å². The zero-order valence-corrected chi connectivity index (χ0v) is 16.1. The van der Waals surface area contributed by atoms with Crippen molar-refractivity contribution in [2.75, 3.05) is 13.6 Å². The van der Waals surface area contributed by atoms with Gasteiger partial charge in [0.15, 0.2) is 5.60 Å². The van der Waals surface area contributed by atoms with E-state index >= 15 is 0 Å². The molecule has 0 fully saturated rings. The van der Waals surface area contributed by atoms with Crippen molar-refractivity contribution in [1.29, 1.82) is 0 Å². The van der Waals surface area contributed by atoms with Crippen LogP contribution in [0.25, 0.3) is 0 Å². The quantitative estimate of drug-likeness (QED) is 0.693. The average molecular weight is 370 g/mol. The maximum absolute atomic E-state index is 12.9. The Morgan fingerprint density at radius 1 is 1.23 bits per heavy atom. The molecule has 1 atom stereocenters. The highest BCUT2D eigenvalue weighted by atomic mass is 79.9. The number of hydrogen-bond acceptors (Lipinski definition) is 2. The van der Waals surface area contributed by atoms with E-state index in [1.54, 1.807) is 4.90 Å². The molecule has 0 aliphatic heterocycles. The van der Waals surface area contributed by atoms with Crippen molar-refractivity contribution in [1.82, 2.24) is 4.90 Å². The van der Waals surface area contributed by atoms with Gasteiger partial charge < -0.3 is 9.64 Å². The minimum absolute atomic E-state index is 0.0334. The largest absolute Gasteiger partial charge is 0.477 e. The van der Waals surface area contributed by atoms with E-state index in [4.69, 9.17) is 4.74 Å². The minimum atomic E-state index is -0.862. The Hall–Kier alpha value is -1.03. The summed E-state index contributed by atoms with van der Waals surface area (Å²) < 4.78 is 7.09. The van der Waals surface area contributed by atoms with Crippen LogP contribution in [-0.4, -0.2) is 30.0 Å². The Morgan fingerprint density at radius 3 is 2.23 bits per heavy atom. The molecule has 1 rings (SSSR count). The standard InChI is InChI=1S/C18H28BrNO2/c1-13(2)11-12-20(6)17(21)18(5,14(3)4)22-16-9-7-15(19)8-10-16/h7-10,13-14H,11-12H2,1-6H3. The molecule has 0 heterocycles. The van der Waals surface area contributed by atoms with Crippen LogP contribution in [0, 0.1) is 11.8 Å². The third kappa shape index (κ3) is 5.01. The molecule has 0 N–H and O–H groups in total. The number of amides is 1. The highest BCUT2D eigenvalue weighted by Gasteiger charge is 2.41. The Balaban J connectivity index is 2.89. The van der Waals surface area contributed by atoms with Crippen LogP contribution in [0.4, 0.5) is 0 Å². The summed E-state index contributed by atoms with van der Waals surface area (Å²) in [7, 11) is 1.86. The van der Waals surface area contributed by atoms with E-state index < -0.39 is 5.60 Å². The van der Waals surface area contributed by atoms with E-state index in [1.165, 1.54) is 0 Å². The molecule has 124 valence electrons. The third-order valence-corrected chi connectivity index (χ3v) is 4.59. The first-order chi connectivity index (χ1) is 10.2. The van der Waals surface area contributed by atoms with Crippen LogP contribution in [0.15, 0.2) is 28.7 Å². The molecule has 0 aliphatic carbocycles. The van der Waals surface area contributed by atoms with E-state index in [0.29, 0.717) is 11.7 Å². The maximum atomic E-state index is 12.9. The number of benzene rings is 1. The van der Waals surface area contributed by atoms with E-state index in [0.717, 1.165) is 17.4 Å². The van der Waals surface area contributed by atoms with Gasteiger partial charge in [0.25, 0.3) is 5.91 Å². The fourth-order valence-electron chi connectivity index (χ4n) is 2.09. The summed E-state index contributed by atoms with van der Waals surface area (Å²) in [5.74, 6) is 1.40. The molecular weight excluding hydrogens is 342 g/mol.